The summed E-state index contributed by atoms with van der Waals surface area (Å²) >= 11 is 10.9. The molecule has 7 nitrogen and oxygen atoms in total. The van der Waals surface area contributed by atoms with E-state index < -0.39 is 11.8 Å². The Kier molecular flexibility index (Phi) is 10.6. The van der Waals surface area contributed by atoms with Gasteiger partial charge in [0.15, 0.2) is 0 Å². The highest BCUT2D eigenvalue weighted by atomic mass is 79.9. The number of hydrogen-bond acceptors (Lipinski definition) is 5. The van der Waals surface area contributed by atoms with Crippen LogP contribution in [0.3, 0.4) is 0 Å². The van der Waals surface area contributed by atoms with Crippen LogP contribution in [0, 0.1) is 6.92 Å². The van der Waals surface area contributed by atoms with Crippen LogP contribution in [0.2, 0.25) is 5.02 Å². The van der Waals surface area contributed by atoms with Gasteiger partial charge in [-0.3, -0.25) is 14.4 Å². The van der Waals surface area contributed by atoms with E-state index in [2.05, 4.69) is 31.9 Å². The second-order valence-corrected chi connectivity index (χ2v) is 12.2. The number of furan rings is 1. The standard InChI is InChI=1S/C35H27BrClN3O4S/c1-22-7-12-27(19-30(22)37)38-33(41)21-45-29-16-13-26(14-17-29)39-35(43)31(40-34(42)24-5-3-2-4-6-24)20-28-15-18-32(44-28)23-8-10-25(36)11-9-23/h2-20H,21H2,1H3,(H,38,41)(H,39,43)(H,40,42). The fourth-order valence-corrected chi connectivity index (χ4v) is 5.28. The highest BCUT2D eigenvalue weighted by Crippen LogP contribution is 2.26. The van der Waals surface area contributed by atoms with Crippen LogP contribution in [0.15, 0.2) is 129 Å². The minimum Gasteiger partial charge on any atom is -0.457 e. The molecule has 0 aliphatic rings. The van der Waals surface area contributed by atoms with Gasteiger partial charge in [0, 0.05) is 43.0 Å². The zero-order valence-electron chi connectivity index (χ0n) is 24.0. The normalized spacial score (nSPS) is 11.1. The predicted molar refractivity (Wildman–Crippen MR) is 184 cm³/mol. The number of rotatable bonds is 10. The first-order chi connectivity index (χ1) is 21.7. The average molecular weight is 701 g/mol. The van der Waals surface area contributed by atoms with Crippen LogP contribution in [0.25, 0.3) is 17.4 Å². The summed E-state index contributed by atoms with van der Waals surface area (Å²) in [4.78, 5) is 39.6. The maximum atomic E-state index is 13.4. The first-order valence-electron chi connectivity index (χ1n) is 13.8. The lowest BCUT2D eigenvalue weighted by Crippen LogP contribution is -2.30. The van der Waals surface area contributed by atoms with Gasteiger partial charge in [-0.2, -0.15) is 0 Å². The molecule has 0 aliphatic carbocycles. The van der Waals surface area contributed by atoms with Crippen molar-refractivity contribution in [3.05, 3.63) is 141 Å². The van der Waals surface area contributed by atoms with Crippen LogP contribution >= 0.6 is 39.3 Å². The summed E-state index contributed by atoms with van der Waals surface area (Å²) in [6.07, 6.45) is 1.49. The molecule has 0 fully saturated rings. The lowest BCUT2D eigenvalue weighted by atomic mass is 10.2. The predicted octanol–water partition coefficient (Wildman–Crippen LogP) is 8.81. The molecule has 45 heavy (non-hydrogen) atoms. The highest BCUT2D eigenvalue weighted by Gasteiger charge is 2.17. The summed E-state index contributed by atoms with van der Waals surface area (Å²) in [5, 5.41) is 8.97. The number of amides is 3. The number of aryl methyl sites for hydroxylation is 1. The smallest absolute Gasteiger partial charge is 0.272 e. The van der Waals surface area contributed by atoms with Crippen molar-refractivity contribution < 1.29 is 18.8 Å². The summed E-state index contributed by atoms with van der Waals surface area (Å²) in [7, 11) is 0. The molecule has 5 rings (SSSR count). The Balaban J connectivity index is 1.26. The topological polar surface area (TPSA) is 100 Å². The van der Waals surface area contributed by atoms with Crippen LogP contribution < -0.4 is 16.0 Å². The number of nitrogens with one attached hydrogen (secondary N) is 3. The number of hydrogen-bond donors (Lipinski definition) is 3. The molecule has 0 unspecified atom stereocenters. The second-order valence-electron chi connectivity index (χ2n) is 9.87. The number of thioether (sulfide) groups is 1. The highest BCUT2D eigenvalue weighted by molar-refractivity contribution is 9.10. The van der Waals surface area contributed by atoms with Crippen molar-refractivity contribution in [2.45, 2.75) is 11.8 Å². The van der Waals surface area contributed by atoms with Gasteiger partial charge in [0.2, 0.25) is 5.91 Å². The van der Waals surface area contributed by atoms with Gasteiger partial charge in [0.05, 0.1) is 5.75 Å². The molecule has 0 atom stereocenters. The van der Waals surface area contributed by atoms with Gasteiger partial charge in [-0.15, -0.1) is 11.8 Å². The molecule has 226 valence electrons. The fraction of sp³-hybridized carbons (Fsp3) is 0.0571. The largest absolute Gasteiger partial charge is 0.457 e. The fourth-order valence-electron chi connectivity index (χ4n) is 4.13. The number of carbonyl (C=O) groups excluding carboxylic acids is 3. The van der Waals surface area contributed by atoms with E-state index in [0.29, 0.717) is 33.5 Å². The van der Waals surface area contributed by atoms with E-state index in [1.165, 1.54) is 17.8 Å². The number of anilines is 2. The first kappa shape index (κ1) is 31.8. The maximum absolute atomic E-state index is 13.4. The third kappa shape index (κ3) is 8.98. The average Bonchev–Trinajstić information content (AvgIpc) is 3.51. The van der Waals surface area contributed by atoms with Crippen molar-refractivity contribution in [3.8, 4) is 11.3 Å². The minimum absolute atomic E-state index is 0.00638. The minimum atomic E-state index is -0.530. The van der Waals surface area contributed by atoms with Gasteiger partial charge in [-0.05, 0) is 85.3 Å². The van der Waals surface area contributed by atoms with Crippen molar-refractivity contribution in [3.63, 3.8) is 0 Å². The molecule has 0 aliphatic heterocycles. The summed E-state index contributed by atoms with van der Waals surface area (Å²) in [5.74, 6) is 0.0762. The van der Waals surface area contributed by atoms with E-state index in [1.807, 2.05) is 37.3 Å². The van der Waals surface area contributed by atoms with Crippen LogP contribution in [0.5, 0.6) is 0 Å². The molecule has 0 radical (unpaired) electrons. The van der Waals surface area contributed by atoms with E-state index in [9.17, 15) is 14.4 Å². The Hall–Kier alpha value is -4.57. The van der Waals surface area contributed by atoms with E-state index in [1.54, 1.807) is 78.9 Å². The zero-order chi connectivity index (χ0) is 31.8. The van der Waals surface area contributed by atoms with Gasteiger partial charge in [-0.1, -0.05) is 63.9 Å². The Bertz CT molecular complexity index is 1860. The number of carbonyl (C=O) groups is 3. The van der Waals surface area contributed by atoms with Gasteiger partial charge >= 0.3 is 0 Å². The molecule has 0 saturated carbocycles. The van der Waals surface area contributed by atoms with Crippen LogP contribution in [0.4, 0.5) is 11.4 Å². The van der Waals surface area contributed by atoms with Crippen LogP contribution in [0.1, 0.15) is 21.7 Å². The lowest BCUT2D eigenvalue weighted by molar-refractivity contribution is -0.114. The maximum Gasteiger partial charge on any atom is 0.272 e. The van der Waals surface area contributed by atoms with Crippen molar-refractivity contribution >= 4 is 74.5 Å². The molecule has 3 amide bonds. The van der Waals surface area contributed by atoms with Gasteiger partial charge in [-0.25, -0.2) is 0 Å². The van der Waals surface area contributed by atoms with Crippen LogP contribution in [-0.4, -0.2) is 23.5 Å². The third-order valence-electron chi connectivity index (χ3n) is 6.51. The summed E-state index contributed by atoms with van der Waals surface area (Å²) in [5.41, 5.74) is 3.36. The molecular weight excluding hydrogens is 674 g/mol. The molecule has 0 spiro atoms. The SMILES string of the molecule is Cc1ccc(NC(=O)CSc2ccc(NC(=O)C(=Cc3ccc(-c4ccc(Br)cc4)o3)NC(=O)c3ccccc3)cc2)cc1Cl. The quantitative estimate of drug-likeness (QED) is 0.0999. The molecule has 5 aromatic rings. The first-order valence-corrected chi connectivity index (χ1v) is 15.9. The zero-order valence-corrected chi connectivity index (χ0v) is 27.1. The van der Waals surface area contributed by atoms with E-state index in [4.69, 9.17) is 16.0 Å². The molecule has 3 N–H and O–H groups in total. The molecular formula is C35H27BrClN3O4S. The van der Waals surface area contributed by atoms with Crippen molar-refractivity contribution in [1.29, 1.82) is 0 Å². The summed E-state index contributed by atoms with van der Waals surface area (Å²) in [6, 6.07) is 32.2. The third-order valence-corrected chi connectivity index (χ3v) is 8.46. The monoisotopic (exact) mass is 699 g/mol. The Labute approximate surface area is 278 Å². The van der Waals surface area contributed by atoms with Gasteiger partial charge in [0.25, 0.3) is 11.8 Å². The Morgan fingerprint density at radius 3 is 2.27 bits per heavy atom. The number of halogens is 2. The van der Waals surface area contributed by atoms with E-state index in [-0.39, 0.29) is 17.4 Å². The summed E-state index contributed by atoms with van der Waals surface area (Å²) in [6.45, 7) is 1.90. The van der Waals surface area contributed by atoms with Gasteiger partial charge < -0.3 is 20.4 Å². The molecule has 4 aromatic carbocycles. The number of benzene rings is 4. The molecule has 0 saturated heterocycles. The van der Waals surface area contributed by atoms with Crippen LogP contribution in [-0.2, 0) is 9.59 Å². The van der Waals surface area contributed by atoms with Gasteiger partial charge in [0.1, 0.15) is 17.2 Å². The van der Waals surface area contributed by atoms with E-state index >= 15 is 0 Å². The van der Waals surface area contributed by atoms with Crippen molar-refractivity contribution in [1.82, 2.24) is 5.32 Å². The second kappa shape index (κ2) is 14.9. The summed E-state index contributed by atoms with van der Waals surface area (Å²) < 4.78 is 6.92. The Morgan fingerprint density at radius 1 is 0.844 bits per heavy atom. The lowest BCUT2D eigenvalue weighted by Gasteiger charge is -2.11. The molecule has 0 bridgehead atoms. The van der Waals surface area contributed by atoms with Crippen molar-refractivity contribution in [2.24, 2.45) is 0 Å². The Morgan fingerprint density at radius 2 is 1.56 bits per heavy atom. The molecule has 1 heterocycles. The molecule has 1 aromatic heterocycles. The molecule has 10 heteroatoms. The van der Waals surface area contributed by atoms with E-state index in [0.717, 1.165) is 20.5 Å². The van der Waals surface area contributed by atoms with Crippen molar-refractivity contribution in [2.75, 3.05) is 16.4 Å².